The number of amides is 1. The van der Waals surface area contributed by atoms with Crippen LogP contribution in [0.5, 0.6) is 0 Å². The molecule has 0 radical (unpaired) electrons. The van der Waals surface area contributed by atoms with Crippen molar-refractivity contribution in [3.8, 4) is 0 Å². The van der Waals surface area contributed by atoms with Crippen molar-refractivity contribution in [1.82, 2.24) is 9.78 Å². The van der Waals surface area contributed by atoms with E-state index in [-0.39, 0.29) is 30.1 Å². The van der Waals surface area contributed by atoms with Crippen molar-refractivity contribution in [2.24, 2.45) is 0 Å². The number of hydrogen-bond donors (Lipinski definition) is 2. The van der Waals surface area contributed by atoms with Gasteiger partial charge in [0.05, 0.1) is 21.7 Å². The number of carbonyl (C=O) groups is 1. The standard InChI is InChI=1S/C18H22F3N5O3/c1-11-9-15(25(24-11)17(2,3)4)23-16(27)7-8-22-13-6-5-12(18(19,20)21)10-14(13)26(28)29/h5-6,9-10,22H,7-8H2,1-4H3,(H,23,27). The summed E-state index contributed by atoms with van der Waals surface area (Å²) >= 11 is 0. The summed E-state index contributed by atoms with van der Waals surface area (Å²) in [6.07, 6.45) is -4.73. The van der Waals surface area contributed by atoms with Crippen LogP contribution in [0.4, 0.5) is 30.4 Å². The lowest BCUT2D eigenvalue weighted by Gasteiger charge is -2.22. The van der Waals surface area contributed by atoms with Crippen LogP contribution in [0.15, 0.2) is 24.3 Å². The molecule has 0 unspecified atom stereocenters. The molecule has 8 nitrogen and oxygen atoms in total. The number of anilines is 2. The van der Waals surface area contributed by atoms with Crippen LogP contribution in [0.2, 0.25) is 0 Å². The van der Waals surface area contributed by atoms with Crippen LogP contribution in [0, 0.1) is 17.0 Å². The van der Waals surface area contributed by atoms with Crippen molar-refractivity contribution in [2.45, 2.75) is 45.8 Å². The van der Waals surface area contributed by atoms with Gasteiger partial charge in [-0.25, -0.2) is 4.68 Å². The van der Waals surface area contributed by atoms with Gasteiger partial charge in [-0.3, -0.25) is 14.9 Å². The van der Waals surface area contributed by atoms with Gasteiger partial charge in [0.2, 0.25) is 5.91 Å². The molecule has 1 aromatic heterocycles. The number of aromatic nitrogens is 2. The van der Waals surface area contributed by atoms with Crippen molar-refractivity contribution < 1.29 is 22.9 Å². The number of alkyl halides is 3. The fourth-order valence-electron chi connectivity index (χ4n) is 2.62. The van der Waals surface area contributed by atoms with Gasteiger partial charge < -0.3 is 10.6 Å². The SMILES string of the molecule is Cc1cc(NC(=O)CCNc2ccc(C(F)(F)F)cc2[N+](=O)[O-])n(C(C)(C)C)n1. The normalized spacial score (nSPS) is 12.0. The largest absolute Gasteiger partial charge is 0.416 e. The van der Waals surface area contributed by atoms with E-state index in [1.54, 1.807) is 17.7 Å². The quantitative estimate of drug-likeness (QED) is 0.543. The number of nitrogens with zero attached hydrogens (tertiary/aromatic N) is 3. The predicted octanol–water partition coefficient (Wildman–Crippen LogP) is 4.31. The van der Waals surface area contributed by atoms with Crippen molar-refractivity contribution in [1.29, 1.82) is 0 Å². The number of benzene rings is 1. The molecular formula is C18H22F3N5O3. The number of rotatable bonds is 6. The highest BCUT2D eigenvalue weighted by molar-refractivity contribution is 5.90. The van der Waals surface area contributed by atoms with Crippen LogP contribution in [0.25, 0.3) is 0 Å². The Bertz CT molecular complexity index is 916. The van der Waals surface area contributed by atoms with E-state index in [0.29, 0.717) is 11.9 Å². The first kappa shape index (κ1) is 22.2. The lowest BCUT2D eigenvalue weighted by Crippen LogP contribution is -2.27. The molecule has 1 aromatic carbocycles. The average molecular weight is 413 g/mol. The number of carbonyl (C=O) groups excluding carboxylic acids is 1. The third-order valence-corrected chi connectivity index (χ3v) is 3.92. The summed E-state index contributed by atoms with van der Waals surface area (Å²) in [6.45, 7) is 7.59. The molecule has 158 valence electrons. The van der Waals surface area contributed by atoms with Crippen LogP contribution >= 0.6 is 0 Å². The minimum atomic E-state index is -4.68. The van der Waals surface area contributed by atoms with E-state index in [0.717, 1.165) is 17.8 Å². The second kappa shape index (κ2) is 8.10. The first-order valence-corrected chi connectivity index (χ1v) is 8.75. The van der Waals surface area contributed by atoms with E-state index in [1.807, 2.05) is 20.8 Å². The number of nitro groups is 1. The van der Waals surface area contributed by atoms with Crippen LogP contribution in [-0.2, 0) is 16.5 Å². The fourth-order valence-corrected chi connectivity index (χ4v) is 2.62. The minimum Gasteiger partial charge on any atom is -0.379 e. The molecule has 29 heavy (non-hydrogen) atoms. The molecule has 0 aliphatic carbocycles. The molecule has 0 fully saturated rings. The molecule has 2 aromatic rings. The molecule has 0 aliphatic heterocycles. The zero-order chi connectivity index (χ0) is 22.0. The molecular weight excluding hydrogens is 391 g/mol. The van der Waals surface area contributed by atoms with Gasteiger partial charge in [-0.15, -0.1) is 0 Å². The molecule has 0 bridgehead atoms. The van der Waals surface area contributed by atoms with E-state index in [1.165, 1.54) is 0 Å². The van der Waals surface area contributed by atoms with E-state index in [2.05, 4.69) is 15.7 Å². The lowest BCUT2D eigenvalue weighted by atomic mass is 10.1. The van der Waals surface area contributed by atoms with E-state index >= 15 is 0 Å². The Morgan fingerprint density at radius 3 is 2.45 bits per heavy atom. The van der Waals surface area contributed by atoms with Gasteiger partial charge in [0, 0.05) is 25.1 Å². The number of nitro benzene ring substituents is 1. The molecule has 2 N–H and O–H groups in total. The summed E-state index contributed by atoms with van der Waals surface area (Å²) in [6, 6.07) is 3.92. The Morgan fingerprint density at radius 1 is 1.24 bits per heavy atom. The van der Waals surface area contributed by atoms with Crippen LogP contribution < -0.4 is 10.6 Å². The highest BCUT2D eigenvalue weighted by Crippen LogP contribution is 2.34. The fraction of sp³-hybridized carbons (Fsp3) is 0.444. The van der Waals surface area contributed by atoms with Gasteiger partial charge in [0.25, 0.3) is 5.69 Å². The Hall–Kier alpha value is -3.11. The molecule has 1 amide bonds. The first-order chi connectivity index (χ1) is 13.3. The van der Waals surface area contributed by atoms with Crippen LogP contribution in [0.1, 0.15) is 38.4 Å². The number of hydrogen-bond acceptors (Lipinski definition) is 5. The maximum atomic E-state index is 12.7. The minimum absolute atomic E-state index is 0.000670. The van der Waals surface area contributed by atoms with E-state index in [4.69, 9.17) is 0 Å². The first-order valence-electron chi connectivity index (χ1n) is 8.75. The third kappa shape index (κ3) is 5.69. The van der Waals surface area contributed by atoms with Gasteiger partial charge in [0.15, 0.2) is 0 Å². The van der Waals surface area contributed by atoms with Gasteiger partial charge in [0.1, 0.15) is 11.5 Å². The number of halogens is 3. The molecule has 0 saturated carbocycles. The Morgan fingerprint density at radius 2 is 1.90 bits per heavy atom. The summed E-state index contributed by atoms with van der Waals surface area (Å²) in [4.78, 5) is 22.4. The molecule has 0 saturated heterocycles. The highest BCUT2D eigenvalue weighted by Gasteiger charge is 2.33. The van der Waals surface area contributed by atoms with Crippen LogP contribution in [0.3, 0.4) is 0 Å². The molecule has 2 rings (SSSR count). The van der Waals surface area contributed by atoms with Crippen molar-refractivity contribution in [3.63, 3.8) is 0 Å². The van der Waals surface area contributed by atoms with Gasteiger partial charge in [-0.05, 0) is 39.8 Å². The maximum absolute atomic E-state index is 12.7. The van der Waals surface area contributed by atoms with Crippen molar-refractivity contribution in [2.75, 3.05) is 17.2 Å². The molecule has 11 heteroatoms. The smallest absolute Gasteiger partial charge is 0.379 e. The second-order valence-corrected chi connectivity index (χ2v) is 7.47. The predicted molar refractivity (Wildman–Crippen MR) is 102 cm³/mol. The highest BCUT2D eigenvalue weighted by atomic mass is 19.4. The topological polar surface area (TPSA) is 102 Å². The summed E-state index contributed by atoms with van der Waals surface area (Å²) in [7, 11) is 0. The maximum Gasteiger partial charge on any atom is 0.416 e. The van der Waals surface area contributed by atoms with Crippen LogP contribution in [-0.4, -0.2) is 27.2 Å². The van der Waals surface area contributed by atoms with Gasteiger partial charge >= 0.3 is 6.18 Å². The lowest BCUT2D eigenvalue weighted by molar-refractivity contribution is -0.384. The second-order valence-electron chi connectivity index (χ2n) is 7.47. The Kier molecular flexibility index (Phi) is 6.19. The van der Waals surface area contributed by atoms with E-state index < -0.39 is 22.4 Å². The Labute approximate surface area is 165 Å². The van der Waals surface area contributed by atoms with Crippen molar-refractivity contribution in [3.05, 3.63) is 45.6 Å². The Balaban J connectivity index is 2.04. The van der Waals surface area contributed by atoms with Gasteiger partial charge in [-0.1, -0.05) is 0 Å². The molecule has 0 spiro atoms. The zero-order valence-corrected chi connectivity index (χ0v) is 16.4. The van der Waals surface area contributed by atoms with E-state index in [9.17, 15) is 28.1 Å². The summed E-state index contributed by atoms with van der Waals surface area (Å²) in [5.41, 5.74) is -1.53. The zero-order valence-electron chi connectivity index (χ0n) is 16.4. The number of nitrogens with one attached hydrogen (secondary N) is 2. The monoisotopic (exact) mass is 413 g/mol. The molecule has 1 heterocycles. The molecule has 0 aliphatic rings. The third-order valence-electron chi connectivity index (χ3n) is 3.92. The number of aryl methyl sites for hydroxylation is 1. The van der Waals surface area contributed by atoms with Crippen molar-refractivity contribution >= 4 is 23.1 Å². The average Bonchev–Trinajstić information content (AvgIpc) is 2.94. The summed E-state index contributed by atoms with van der Waals surface area (Å²) < 4.78 is 39.9. The van der Waals surface area contributed by atoms with Gasteiger partial charge in [-0.2, -0.15) is 18.3 Å². The molecule has 0 atom stereocenters. The summed E-state index contributed by atoms with van der Waals surface area (Å²) in [5, 5.41) is 20.8. The summed E-state index contributed by atoms with van der Waals surface area (Å²) in [5.74, 6) is 0.151.